The second-order valence-electron chi connectivity index (χ2n) is 5.20. The van der Waals surface area contributed by atoms with E-state index in [4.69, 9.17) is 4.74 Å². The van der Waals surface area contributed by atoms with Gasteiger partial charge in [-0.15, -0.1) is 0 Å². The third-order valence-electron chi connectivity index (χ3n) is 3.39. The van der Waals surface area contributed by atoms with Crippen molar-refractivity contribution in [1.29, 1.82) is 0 Å². The summed E-state index contributed by atoms with van der Waals surface area (Å²) in [5.74, 6) is 0.759. The first-order chi connectivity index (χ1) is 9.72. The predicted octanol–water partition coefficient (Wildman–Crippen LogP) is 2.01. The zero-order valence-electron chi connectivity index (χ0n) is 12.3. The lowest BCUT2D eigenvalue weighted by molar-refractivity contribution is 0.0682. The Balaban J connectivity index is 1.84. The molecule has 20 heavy (non-hydrogen) atoms. The zero-order valence-corrected chi connectivity index (χ0v) is 12.3. The summed E-state index contributed by atoms with van der Waals surface area (Å²) in [6.45, 7) is 4.80. The molecule has 0 unspecified atom stereocenters. The molecule has 1 amide bonds. The summed E-state index contributed by atoms with van der Waals surface area (Å²) in [6, 6.07) is 1.75. The number of carbonyl (C=O) groups excluding carboxylic acids is 1. The van der Waals surface area contributed by atoms with Crippen LogP contribution in [0.3, 0.4) is 0 Å². The minimum absolute atomic E-state index is 0.00151. The molecule has 0 radical (unpaired) electrons. The number of nitrogens with zero attached hydrogens (tertiary/aromatic N) is 2. The van der Waals surface area contributed by atoms with Crippen LogP contribution >= 0.6 is 0 Å². The Morgan fingerprint density at radius 1 is 1.55 bits per heavy atom. The number of rotatable bonds is 8. The van der Waals surface area contributed by atoms with E-state index in [2.05, 4.69) is 10.3 Å². The van der Waals surface area contributed by atoms with Crippen LogP contribution in [0.5, 0.6) is 0 Å². The molecule has 1 fully saturated rings. The Morgan fingerprint density at radius 3 is 3.05 bits per heavy atom. The second kappa shape index (κ2) is 7.24. The van der Waals surface area contributed by atoms with Gasteiger partial charge in [-0.2, -0.15) is 0 Å². The second-order valence-corrected chi connectivity index (χ2v) is 5.20. The predicted molar refractivity (Wildman–Crippen MR) is 78.9 cm³/mol. The first kappa shape index (κ1) is 14.8. The topological polar surface area (TPSA) is 54.5 Å². The summed E-state index contributed by atoms with van der Waals surface area (Å²) < 4.78 is 5.57. The monoisotopic (exact) mass is 277 g/mol. The summed E-state index contributed by atoms with van der Waals surface area (Å²) in [7, 11) is 1.80. The molecule has 1 aromatic rings. The molecule has 1 saturated carbocycles. The molecule has 1 N–H and O–H groups in total. The van der Waals surface area contributed by atoms with Gasteiger partial charge < -0.3 is 15.0 Å². The molecular weight excluding hydrogens is 254 g/mol. The van der Waals surface area contributed by atoms with E-state index in [0.717, 1.165) is 24.8 Å². The summed E-state index contributed by atoms with van der Waals surface area (Å²) in [5, 5.41) is 3.16. The van der Waals surface area contributed by atoms with Crippen molar-refractivity contribution in [2.24, 2.45) is 5.92 Å². The number of hydrogen-bond donors (Lipinski definition) is 1. The standard InChI is InChI=1S/C15H23N3O2/c1-3-17-14-10-16-7-6-13(14)15(19)18(2)8-9-20-11-12-4-5-12/h6-7,10,12,17H,3-5,8-9,11H2,1-2H3. The molecule has 1 aromatic heterocycles. The van der Waals surface area contributed by atoms with Crippen LogP contribution in [0.15, 0.2) is 18.5 Å². The van der Waals surface area contributed by atoms with Crippen molar-refractivity contribution in [3.63, 3.8) is 0 Å². The Hall–Kier alpha value is -1.62. The molecule has 0 aromatic carbocycles. The molecule has 1 aliphatic carbocycles. The lowest BCUT2D eigenvalue weighted by Crippen LogP contribution is -2.31. The normalized spacial score (nSPS) is 14.1. The van der Waals surface area contributed by atoms with Crippen LogP contribution in [0.25, 0.3) is 0 Å². The van der Waals surface area contributed by atoms with Crippen molar-refractivity contribution in [3.05, 3.63) is 24.0 Å². The molecule has 0 saturated heterocycles. The minimum atomic E-state index is -0.00151. The molecule has 0 bridgehead atoms. The van der Waals surface area contributed by atoms with Crippen molar-refractivity contribution >= 4 is 11.6 Å². The minimum Gasteiger partial charge on any atom is -0.383 e. The number of pyridine rings is 1. The summed E-state index contributed by atoms with van der Waals surface area (Å²) in [5.41, 5.74) is 1.44. The molecule has 0 spiro atoms. The molecule has 1 heterocycles. The van der Waals surface area contributed by atoms with Crippen molar-refractivity contribution < 1.29 is 9.53 Å². The highest BCUT2D eigenvalue weighted by atomic mass is 16.5. The van der Waals surface area contributed by atoms with E-state index >= 15 is 0 Å². The number of nitrogens with one attached hydrogen (secondary N) is 1. The number of hydrogen-bond acceptors (Lipinski definition) is 4. The Bertz CT molecular complexity index is 446. The third-order valence-corrected chi connectivity index (χ3v) is 3.39. The van der Waals surface area contributed by atoms with Gasteiger partial charge in [0.25, 0.3) is 5.91 Å². The van der Waals surface area contributed by atoms with E-state index in [0.29, 0.717) is 18.7 Å². The SMILES string of the molecule is CCNc1cnccc1C(=O)N(C)CCOCC1CC1. The largest absolute Gasteiger partial charge is 0.383 e. The summed E-state index contributed by atoms with van der Waals surface area (Å²) >= 11 is 0. The smallest absolute Gasteiger partial charge is 0.255 e. The van der Waals surface area contributed by atoms with Gasteiger partial charge in [-0.3, -0.25) is 9.78 Å². The molecule has 2 rings (SSSR count). The highest BCUT2D eigenvalue weighted by Crippen LogP contribution is 2.28. The van der Waals surface area contributed by atoms with E-state index in [1.807, 2.05) is 6.92 Å². The molecule has 0 atom stereocenters. The zero-order chi connectivity index (χ0) is 14.4. The maximum atomic E-state index is 12.4. The van der Waals surface area contributed by atoms with E-state index in [-0.39, 0.29) is 5.91 Å². The number of carbonyl (C=O) groups is 1. The van der Waals surface area contributed by atoms with Crippen LogP contribution in [0.2, 0.25) is 0 Å². The first-order valence-electron chi connectivity index (χ1n) is 7.23. The lowest BCUT2D eigenvalue weighted by atomic mass is 10.2. The fraction of sp³-hybridized carbons (Fsp3) is 0.600. The van der Waals surface area contributed by atoms with Crippen LogP contribution in [-0.4, -0.2) is 49.1 Å². The van der Waals surface area contributed by atoms with E-state index in [1.165, 1.54) is 12.8 Å². The third kappa shape index (κ3) is 4.20. The van der Waals surface area contributed by atoms with Gasteiger partial charge in [-0.05, 0) is 31.7 Å². The van der Waals surface area contributed by atoms with Crippen LogP contribution in [0.1, 0.15) is 30.1 Å². The van der Waals surface area contributed by atoms with Crippen molar-refractivity contribution in [3.8, 4) is 0 Å². The van der Waals surface area contributed by atoms with Crippen LogP contribution in [0, 0.1) is 5.92 Å². The van der Waals surface area contributed by atoms with Crippen molar-refractivity contribution in [2.45, 2.75) is 19.8 Å². The van der Waals surface area contributed by atoms with Gasteiger partial charge in [0.2, 0.25) is 0 Å². The van der Waals surface area contributed by atoms with Gasteiger partial charge in [0, 0.05) is 32.9 Å². The summed E-state index contributed by atoms with van der Waals surface area (Å²) in [6.07, 6.45) is 5.91. The van der Waals surface area contributed by atoms with Crippen LogP contribution < -0.4 is 5.32 Å². The van der Waals surface area contributed by atoms with Crippen molar-refractivity contribution in [1.82, 2.24) is 9.88 Å². The Kier molecular flexibility index (Phi) is 5.35. The fourth-order valence-electron chi connectivity index (χ4n) is 1.96. The first-order valence-corrected chi connectivity index (χ1v) is 7.23. The van der Waals surface area contributed by atoms with E-state index < -0.39 is 0 Å². The molecular formula is C15H23N3O2. The van der Waals surface area contributed by atoms with Gasteiger partial charge in [-0.1, -0.05) is 0 Å². The number of amides is 1. The average molecular weight is 277 g/mol. The van der Waals surface area contributed by atoms with E-state index in [9.17, 15) is 4.79 Å². The quantitative estimate of drug-likeness (QED) is 0.739. The fourth-order valence-corrected chi connectivity index (χ4v) is 1.96. The van der Waals surface area contributed by atoms with Gasteiger partial charge in [0.15, 0.2) is 0 Å². The van der Waals surface area contributed by atoms with Gasteiger partial charge in [0.05, 0.1) is 24.1 Å². The Labute approximate surface area is 120 Å². The maximum absolute atomic E-state index is 12.4. The molecule has 5 heteroatoms. The number of aromatic nitrogens is 1. The number of likely N-dealkylation sites (N-methyl/N-ethyl adjacent to an activating group) is 1. The van der Waals surface area contributed by atoms with E-state index in [1.54, 1.807) is 30.4 Å². The van der Waals surface area contributed by atoms with Crippen LogP contribution in [-0.2, 0) is 4.74 Å². The molecule has 0 aliphatic heterocycles. The van der Waals surface area contributed by atoms with Crippen LogP contribution in [0.4, 0.5) is 5.69 Å². The average Bonchev–Trinajstić information content (AvgIpc) is 3.28. The van der Waals surface area contributed by atoms with Gasteiger partial charge in [-0.25, -0.2) is 0 Å². The highest BCUT2D eigenvalue weighted by molar-refractivity contribution is 5.99. The Morgan fingerprint density at radius 2 is 2.35 bits per heavy atom. The molecule has 1 aliphatic rings. The number of ether oxygens (including phenoxy) is 1. The maximum Gasteiger partial charge on any atom is 0.255 e. The summed E-state index contributed by atoms with van der Waals surface area (Å²) in [4.78, 5) is 18.1. The highest BCUT2D eigenvalue weighted by Gasteiger charge is 2.21. The number of anilines is 1. The molecule has 5 nitrogen and oxygen atoms in total. The lowest BCUT2D eigenvalue weighted by Gasteiger charge is -2.19. The van der Waals surface area contributed by atoms with Gasteiger partial charge in [0.1, 0.15) is 0 Å². The van der Waals surface area contributed by atoms with Gasteiger partial charge >= 0.3 is 0 Å². The van der Waals surface area contributed by atoms with Crippen molar-refractivity contribution in [2.75, 3.05) is 38.7 Å². The molecule has 110 valence electrons.